The summed E-state index contributed by atoms with van der Waals surface area (Å²) in [6, 6.07) is 10.4. The zero-order valence-corrected chi connectivity index (χ0v) is 18.3. The molecule has 2 heterocycles. The zero-order chi connectivity index (χ0) is 22.8. The Morgan fingerprint density at radius 2 is 1.97 bits per heavy atom. The van der Waals surface area contributed by atoms with Gasteiger partial charge in [-0.2, -0.15) is 9.57 Å². The number of non-ortho nitro benzene ring substituents is 1. The molecule has 0 aliphatic heterocycles. The number of carbonyl (C=O) groups excluding carboxylic acids is 1. The van der Waals surface area contributed by atoms with E-state index in [1.807, 2.05) is 6.07 Å². The number of nitriles is 1. The molecule has 0 fully saturated rings. The van der Waals surface area contributed by atoms with Crippen molar-refractivity contribution >= 4 is 42.9 Å². The molecule has 0 radical (unpaired) electrons. The lowest BCUT2D eigenvalue weighted by Gasteiger charge is -2.18. The lowest BCUT2D eigenvalue weighted by atomic mass is 10.00. The van der Waals surface area contributed by atoms with Gasteiger partial charge in [0.2, 0.25) is 10.0 Å². The van der Waals surface area contributed by atoms with Crippen molar-refractivity contribution in [1.82, 2.24) is 9.29 Å². The largest absolute Gasteiger partial charge is 0.291 e. The summed E-state index contributed by atoms with van der Waals surface area (Å²) in [5.74, 6) is -1.73. The van der Waals surface area contributed by atoms with Gasteiger partial charge in [-0.3, -0.25) is 19.9 Å². The first kappa shape index (κ1) is 22.5. The summed E-state index contributed by atoms with van der Waals surface area (Å²) in [5, 5.41) is 21.1. The van der Waals surface area contributed by atoms with E-state index < -0.39 is 26.6 Å². The molecule has 31 heavy (non-hydrogen) atoms. The lowest BCUT2D eigenvalue weighted by molar-refractivity contribution is -0.384. The van der Waals surface area contributed by atoms with E-state index in [2.05, 4.69) is 4.98 Å². The highest BCUT2D eigenvalue weighted by molar-refractivity contribution is 7.89. The van der Waals surface area contributed by atoms with Crippen LogP contribution in [0.4, 0.5) is 5.69 Å². The van der Waals surface area contributed by atoms with Crippen LogP contribution in [0.3, 0.4) is 0 Å². The maximum atomic E-state index is 12.9. The van der Waals surface area contributed by atoms with Gasteiger partial charge >= 0.3 is 0 Å². The van der Waals surface area contributed by atoms with Gasteiger partial charge in [-0.25, -0.2) is 8.42 Å². The minimum atomic E-state index is -3.70. The van der Waals surface area contributed by atoms with Crippen LogP contribution in [-0.2, 0) is 10.0 Å². The highest BCUT2D eigenvalue weighted by Crippen LogP contribution is 2.32. The van der Waals surface area contributed by atoms with Gasteiger partial charge in [-0.05, 0) is 29.7 Å². The molecular formula is C20H18N4O5S2. The number of hydrogen-bond donors (Lipinski definition) is 0. The van der Waals surface area contributed by atoms with E-state index in [1.165, 1.54) is 34.6 Å². The number of thiophene rings is 1. The fraction of sp³-hybridized carbons (Fsp3) is 0.250. The zero-order valence-electron chi connectivity index (χ0n) is 16.7. The Balaban J connectivity index is 1.92. The number of fused-ring (bicyclic) bond motifs is 1. The van der Waals surface area contributed by atoms with E-state index in [0.29, 0.717) is 23.2 Å². The fourth-order valence-electron chi connectivity index (χ4n) is 3.09. The third kappa shape index (κ3) is 4.32. The summed E-state index contributed by atoms with van der Waals surface area (Å²) >= 11 is 1.13. The van der Waals surface area contributed by atoms with Crippen LogP contribution < -0.4 is 0 Å². The summed E-state index contributed by atoms with van der Waals surface area (Å²) in [7, 11) is -3.70. The van der Waals surface area contributed by atoms with Crippen LogP contribution in [0, 0.1) is 21.4 Å². The predicted octanol–water partition coefficient (Wildman–Crippen LogP) is 3.73. The van der Waals surface area contributed by atoms with E-state index in [0.717, 1.165) is 17.5 Å². The molecule has 2 aromatic heterocycles. The molecule has 3 aromatic rings. The molecule has 9 nitrogen and oxygen atoms in total. The monoisotopic (exact) mass is 458 g/mol. The summed E-state index contributed by atoms with van der Waals surface area (Å²) in [6.45, 7) is 4.08. The van der Waals surface area contributed by atoms with Crippen molar-refractivity contribution in [2.24, 2.45) is 0 Å². The Morgan fingerprint density at radius 1 is 1.26 bits per heavy atom. The number of benzene rings is 1. The molecule has 0 N–H and O–H groups in total. The van der Waals surface area contributed by atoms with Crippen molar-refractivity contribution in [3.05, 3.63) is 63.3 Å². The molecule has 11 heteroatoms. The number of aromatic nitrogens is 1. The first-order valence-electron chi connectivity index (χ1n) is 9.30. The van der Waals surface area contributed by atoms with Gasteiger partial charge in [0.15, 0.2) is 11.7 Å². The number of carbonyl (C=O) groups is 1. The quantitative estimate of drug-likeness (QED) is 0.285. The van der Waals surface area contributed by atoms with Gasteiger partial charge in [0, 0.05) is 36.1 Å². The van der Waals surface area contributed by atoms with Crippen LogP contribution >= 0.6 is 11.3 Å². The summed E-state index contributed by atoms with van der Waals surface area (Å²) in [6.07, 6.45) is 1.15. The Labute approximate surface area is 182 Å². The molecule has 3 rings (SSSR count). The number of Topliss-reactive ketones (excluding diaryl/α,β-unsaturated/α-hetero) is 1. The van der Waals surface area contributed by atoms with E-state index in [-0.39, 0.29) is 21.2 Å². The molecule has 0 aliphatic carbocycles. The summed E-state index contributed by atoms with van der Waals surface area (Å²) in [5.41, 5.74) is 0.0437. The Bertz CT molecular complexity index is 1290. The van der Waals surface area contributed by atoms with Crippen molar-refractivity contribution in [2.45, 2.75) is 24.7 Å². The maximum Gasteiger partial charge on any atom is 0.270 e. The fourth-order valence-corrected chi connectivity index (χ4v) is 5.51. The first-order chi connectivity index (χ1) is 14.7. The molecule has 0 spiro atoms. The molecular weight excluding hydrogens is 440 g/mol. The number of pyridine rings is 1. The first-order valence-corrected chi connectivity index (χ1v) is 11.6. The number of nitro groups is 1. The predicted molar refractivity (Wildman–Crippen MR) is 116 cm³/mol. The highest BCUT2D eigenvalue weighted by atomic mass is 32.2. The average Bonchev–Trinajstić information content (AvgIpc) is 3.18. The summed E-state index contributed by atoms with van der Waals surface area (Å²) in [4.78, 5) is 27.7. The van der Waals surface area contributed by atoms with Gasteiger partial charge in [-0.1, -0.05) is 13.8 Å². The molecule has 160 valence electrons. The van der Waals surface area contributed by atoms with Crippen molar-refractivity contribution in [2.75, 3.05) is 13.1 Å². The van der Waals surface area contributed by atoms with Crippen molar-refractivity contribution in [3.8, 4) is 6.07 Å². The second-order valence-electron chi connectivity index (χ2n) is 6.52. The molecule has 1 aromatic carbocycles. The summed E-state index contributed by atoms with van der Waals surface area (Å²) < 4.78 is 27.1. The van der Waals surface area contributed by atoms with Crippen LogP contribution in [-0.4, -0.2) is 41.5 Å². The Hall–Kier alpha value is -3.20. The molecule has 0 amide bonds. The lowest BCUT2D eigenvalue weighted by Crippen LogP contribution is -2.30. The van der Waals surface area contributed by atoms with Gasteiger partial charge in [0.05, 0.1) is 21.6 Å². The van der Waals surface area contributed by atoms with Crippen LogP contribution in [0.15, 0.2) is 47.5 Å². The second-order valence-corrected chi connectivity index (χ2v) is 9.55. The topological polar surface area (TPSA) is 134 Å². The third-order valence-corrected chi connectivity index (χ3v) is 7.91. The van der Waals surface area contributed by atoms with Crippen molar-refractivity contribution in [1.29, 1.82) is 5.26 Å². The third-order valence-electron chi connectivity index (χ3n) is 4.74. The molecule has 1 atom stereocenters. The molecule has 1 unspecified atom stereocenters. The van der Waals surface area contributed by atoms with Crippen molar-refractivity contribution < 1.29 is 18.1 Å². The Morgan fingerprint density at radius 3 is 2.52 bits per heavy atom. The van der Waals surface area contributed by atoms with E-state index in [1.54, 1.807) is 19.9 Å². The van der Waals surface area contributed by atoms with E-state index in [9.17, 15) is 28.6 Å². The smallest absolute Gasteiger partial charge is 0.270 e. The Kier molecular flexibility index (Phi) is 6.45. The van der Waals surface area contributed by atoms with Gasteiger partial charge < -0.3 is 0 Å². The number of ketones is 1. The van der Waals surface area contributed by atoms with Gasteiger partial charge in [0.1, 0.15) is 4.90 Å². The minimum Gasteiger partial charge on any atom is -0.291 e. The molecule has 0 bridgehead atoms. The maximum absolute atomic E-state index is 12.9. The van der Waals surface area contributed by atoms with Crippen LogP contribution in [0.25, 0.3) is 10.1 Å². The number of hydrogen-bond acceptors (Lipinski definition) is 8. The molecule has 0 saturated carbocycles. The highest BCUT2D eigenvalue weighted by Gasteiger charge is 2.27. The average molecular weight is 459 g/mol. The number of nitro benzene ring substituents is 1. The SMILES string of the molecule is CCN(CC)S(=O)(=O)c1ccc(C(C#N)C(=O)c2cc3cc([N+](=O)[O-])ccc3s2)nc1. The normalized spacial score (nSPS) is 12.6. The van der Waals surface area contributed by atoms with Gasteiger partial charge in [-0.15, -0.1) is 11.3 Å². The standard InChI is InChI=1S/C20H18N4O5S2/c1-3-23(4-2)31(28,29)15-6-7-17(22-12-15)16(11-21)20(25)19-10-13-9-14(24(26)27)5-8-18(13)30-19/h5-10,12,16H,3-4H2,1-2H3. The van der Waals surface area contributed by atoms with Crippen LogP contribution in [0.5, 0.6) is 0 Å². The molecule has 0 saturated heterocycles. The number of nitrogens with zero attached hydrogens (tertiary/aromatic N) is 4. The van der Waals surface area contributed by atoms with E-state index in [4.69, 9.17) is 0 Å². The second kappa shape index (κ2) is 8.89. The minimum absolute atomic E-state index is 0.0155. The number of sulfonamides is 1. The van der Waals surface area contributed by atoms with Crippen molar-refractivity contribution in [3.63, 3.8) is 0 Å². The van der Waals surface area contributed by atoms with Crippen LogP contribution in [0.2, 0.25) is 0 Å². The van der Waals surface area contributed by atoms with Crippen LogP contribution in [0.1, 0.15) is 35.1 Å². The van der Waals surface area contributed by atoms with E-state index >= 15 is 0 Å². The molecule has 0 aliphatic rings. The van der Waals surface area contributed by atoms with Gasteiger partial charge in [0.25, 0.3) is 5.69 Å². The number of rotatable bonds is 8.